The number of hydrogen-bond acceptors (Lipinski definition) is 5. The highest BCUT2D eigenvalue weighted by Gasteiger charge is 2.35. The van der Waals surface area contributed by atoms with Crippen LogP contribution in [-0.4, -0.2) is 55.1 Å². The maximum atomic E-state index is 13.6. The van der Waals surface area contributed by atoms with Gasteiger partial charge in [0.15, 0.2) is 11.5 Å². The Balaban J connectivity index is 1.47. The van der Waals surface area contributed by atoms with Gasteiger partial charge in [-0.2, -0.15) is 0 Å². The lowest BCUT2D eigenvalue weighted by Gasteiger charge is -2.28. The fourth-order valence-corrected chi connectivity index (χ4v) is 5.30. The molecule has 0 unspecified atom stereocenters. The van der Waals surface area contributed by atoms with Crippen LogP contribution in [0.5, 0.6) is 11.5 Å². The summed E-state index contributed by atoms with van der Waals surface area (Å²) < 4.78 is 10.8. The topological polar surface area (TPSA) is 71.1 Å². The van der Waals surface area contributed by atoms with Crippen molar-refractivity contribution in [3.63, 3.8) is 0 Å². The zero-order chi connectivity index (χ0) is 27.2. The molecular formula is C29H34ClN3O4S. The van der Waals surface area contributed by atoms with Gasteiger partial charge in [-0.1, -0.05) is 23.7 Å². The van der Waals surface area contributed by atoms with E-state index in [1.54, 1.807) is 36.5 Å². The third-order valence-corrected chi connectivity index (χ3v) is 7.98. The van der Waals surface area contributed by atoms with E-state index in [0.717, 1.165) is 28.8 Å². The minimum atomic E-state index is -0.285. The van der Waals surface area contributed by atoms with Crippen molar-refractivity contribution in [2.24, 2.45) is 0 Å². The number of nitrogens with zero attached hydrogens (tertiary/aromatic N) is 2. The van der Waals surface area contributed by atoms with Crippen molar-refractivity contribution in [1.82, 2.24) is 9.80 Å². The van der Waals surface area contributed by atoms with Gasteiger partial charge in [-0.25, -0.2) is 4.79 Å². The fraction of sp³-hybridized carbons (Fsp3) is 0.379. The molecule has 1 saturated carbocycles. The fourth-order valence-electron chi connectivity index (χ4n) is 4.21. The van der Waals surface area contributed by atoms with E-state index in [4.69, 9.17) is 21.1 Å². The van der Waals surface area contributed by atoms with E-state index >= 15 is 0 Å². The van der Waals surface area contributed by atoms with Crippen molar-refractivity contribution in [2.45, 2.75) is 45.7 Å². The van der Waals surface area contributed by atoms with Crippen molar-refractivity contribution in [3.05, 3.63) is 74.4 Å². The van der Waals surface area contributed by atoms with E-state index in [-0.39, 0.29) is 24.5 Å². The number of amides is 3. The largest absolute Gasteiger partial charge is 0.493 e. The molecule has 0 saturated heterocycles. The van der Waals surface area contributed by atoms with Crippen LogP contribution in [0, 0.1) is 13.8 Å². The van der Waals surface area contributed by atoms with Gasteiger partial charge in [0.05, 0.1) is 20.8 Å². The summed E-state index contributed by atoms with van der Waals surface area (Å²) in [5.74, 6) is 1.24. The molecule has 0 aliphatic heterocycles. The lowest BCUT2D eigenvalue weighted by atomic mass is 10.1. The van der Waals surface area contributed by atoms with E-state index in [2.05, 4.69) is 24.4 Å². The molecule has 202 valence electrons. The van der Waals surface area contributed by atoms with Crippen molar-refractivity contribution in [2.75, 3.05) is 32.6 Å². The van der Waals surface area contributed by atoms with Gasteiger partial charge in [-0.15, -0.1) is 11.3 Å². The maximum absolute atomic E-state index is 13.6. The Morgan fingerprint density at radius 1 is 1.03 bits per heavy atom. The number of hydrogen-bond donors (Lipinski definition) is 1. The molecule has 3 amide bonds. The number of ether oxygens (including phenoxy) is 2. The summed E-state index contributed by atoms with van der Waals surface area (Å²) in [5.41, 5.74) is 2.59. The minimum absolute atomic E-state index is 0.0202. The van der Waals surface area contributed by atoms with Gasteiger partial charge in [0.1, 0.15) is 6.54 Å². The predicted molar refractivity (Wildman–Crippen MR) is 153 cm³/mol. The Morgan fingerprint density at radius 3 is 2.42 bits per heavy atom. The molecule has 2 aromatic carbocycles. The number of rotatable bonds is 11. The molecule has 1 aliphatic rings. The Hall–Kier alpha value is -3.23. The van der Waals surface area contributed by atoms with Gasteiger partial charge in [0.25, 0.3) is 0 Å². The predicted octanol–water partition coefficient (Wildman–Crippen LogP) is 6.30. The SMILES string of the molecule is COc1ccc(CCN(Cc2ccc(C)s2)C(=O)CN(C(=O)Nc2ccc(C)c(Cl)c2)C2CC2)cc1OC. The van der Waals surface area contributed by atoms with Crippen molar-refractivity contribution in [3.8, 4) is 11.5 Å². The number of benzene rings is 2. The van der Waals surface area contributed by atoms with E-state index in [1.165, 1.54) is 4.88 Å². The summed E-state index contributed by atoms with van der Waals surface area (Å²) >= 11 is 7.92. The molecule has 0 bridgehead atoms. The third kappa shape index (κ3) is 7.20. The number of nitrogens with one attached hydrogen (secondary N) is 1. The molecule has 0 radical (unpaired) electrons. The molecule has 3 aromatic rings. The van der Waals surface area contributed by atoms with Gasteiger partial charge < -0.3 is 24.6 Å². The number of carbonyl (C=O) groups excluding carboxylic acids is 2. The molecule has 9 heteroatoms. The van der Waals surface area contributed by atoms with Gasteiger partial charge in [-0.3, -0.25) is 4.79 Å². The summed E-state index contributed by atoms with van der Waals surface area (Å²) in [4.78, 5) is 32.6. The molecule has 38 heavy (non-hydrogen) atoms. The molecular weight excluding hydrogens is 522 g/mol. The molecule has 1 fully saturated rings. The number of halogens is 1. The van der Waals surface area contributed by atoms with Crippen LogP contribution in [0.2, 0.25) is 5.02 Å². The lowest BCUT2D eigenvalue weighted by Crippen LogP contribution is -2.45. The first-order chi connectivity index (χ1) is 18.3. The second-order valence-corrected chi connectivity index (χ2v) is 11.3. The Morgan fingerprint density at radius 2 is 1.79 bits per heavy atom. The van der Waals surface area contributed by atoms with E-state index in [9.17, 15) is 9.59 Å². The number of carbonyl (C=O) groups is 2. The number of urea groups is 1. The highest BCUT2D eigenvalue weighted by molar-refractivity contribution is 7.11. The Labute approximate surface area is 233 Å². The van der Waals surface area contributed by atoms with Gasteiger partial charge >= 0.3 is 6.03 Å². The number of aryl methyl sites for hydroxylation is 2. The molecule has 7 nitrogen and oxygen atoms in total. The molecule has 0 atom stereocenters. The third-order valence-electron chi connectivity index (χ3n) is 6.59. The van der Waals surface area contributed by atoms with Gasteiger partial charge in [-0.05, 0) is 80.6 Å². The number of methoxy groups -OCH3 is 2. The van der Waals surface area contributed by atoms with Crippen LogP contribution in [0.25, 0.3) is 0 Å². The quantitative estimate of drug-likeness (QED) is 0.301. The second kappa shape index (κ2) is 12.5. The second-order valence-electron chi connectivity index (χ2n) is 9.52. The maximum Gasteiger partial charge on any atom is 0.322 e. The van der Waals surface area contributed by atoms with E-state index in [0.29, 0.717) is 41.7 Å². The summed E-state index contributed by atoms with van der Waals surface area (Å²) in [6.45, 7) is 5.00. The highest BCUT2D eigenvalue weighted by atomic mass is 35.5. The summed E-state index contributed by atoms with van der Waals surface area (Å²) in [6.07, 6.45) is 2.43. The first kappa shape index (κ1) is 27.8. The van der Waals surface area contributed by atoms with Crippen LogP contribution < -0.4 is 14.8 Å². The lowest BCUT2D eigenvalue weighted by molar-refractivity contribution is -0.132. The average molecular weight is 556 g/mol. The first-order valence-electron chi connectivity index (χ1n) is 12.6. The zero-order valence-corrected chi connectivity index (χ0v) is 23.8. The van der Waals surface area contributed by atoms with Crippen LogP contribution in [-0.2, 0) is 17.8 Å². The van der Waals surface area contributed by atoms with E-state index < -0.39 is 0 Å². The van der Waals surface area contributed by atoms with Crippen molar-refractivity contribution in [1.29, 1.82) is 0 Å². The number of anilines is 1. The van der Waals surface area contributed by atoms with Crippen molar-refractivity contribution < 1.29 is 19.1 Å². The zero-order valence-electron chi connectivity index (χ0n) is 22.3. The summed E-state index contributed by atoms with van der Waals surface area (Å²) in [7, 11) is 3.22. The summed E-state index contributed by atoms with van der Waals surface area (Å²) in [5, 5.41) is 3.51. The first-order valence-corrected chi connectivity index (χ1v) is 13.8. The molecule has 4 rings (SSSR count). The van der Waals surface area contributed by atoms with Crippen LogP contribution in [0.4, 0.5) is 10.5 Å². The molecule has 1 N–H and O–H groups in total. The Kier molecular flexibility index (Phi) is 9.17. The van der Waals surface area contributed by atoms with Crippen LogP contribution in [0.3, 0.4) is 0 Å². The van der Waals surface area contributed by atoms with E-state index in [1.807, 2.05) is 42.2 Å². The molecule has 1 heterocycles. The molecule has 1 aliphatic carbocycles. The molecule has 0 spiro atoms. The molecule has 1 aromatic heterocycles. The number of thiophene rings is 1. The summed E-state index contributed by atoms with van der Waals surface area (Å²) in [6, 6.07) is 15.1. The normalized spacial score (nSPS) is 12.7. The highest BCUT2D eigenvalue weighted by Crippen LogP contribution is 2.30. The monoisotopic (exact) mass is 555 g/mol. The smallest absolute Gasteiger partial charge is 0.322 e. The van der Waals surface area contributed by atoms with Crippen LogP contribution in [0.15, 0.2) is 48.5 Å². The van der Waals surface area contributed by atoms with Crippen molar-refractivity contribution >= 4 is 40.6 Å². The van der Waals surface area contributed by atoms with Gasteiger partial charge in [0.2, 0.25) is 5.91 Å². The average Bonchev–Trinajstić information content (AvgIpc) is 3.67. The standard InChI is InChI=1S/C29H34ClN3O4S/c1-19-5-8-22(16-25(19)30)31-29(35)33(23-9-10-23)18-28(34)32(17-24-11-6-20(2)38-24)14-13-21-7-12-26(36-3)27(15-21)37-4/h5-8,11-12,15-16,23H,9-10,13-14,17-18H2,1-4H3,(H,31,35). The van der Waals surface area contributed by atoms with Crippen LogP contribution in [0.1, 0.15) is 33.7 Å². The Bertz CT molecular complexity index is 1290. The van der Waals surface area contributed by atoms with Gasteiger partial charge in [0, 0.05) is 33.1 Å². The van der Waals surface area contributed by atoms with Crippen LogP contribution >= 0.6 is 22.9 Å². The minimum Gasteiger partial charge on any atom is -0.493 e.